The third-order valence-corrected chi connectivity index (χ3v) is 7.00. The van der Waals surface area contributed by atoms with Gasteiger partial charge in [-0.25, -0.2) is 14.1 Å². The van der Waals surface area contributed by atoms with Crippen LogP contribution >= 0.6 is 0 Å². The van der Waals surface area contributed by atoms with Crippen molar-refractivity contribution < 1.29 is 23.8 Å². The van der Waals surface area contributed by atoms with E-state index in [0.717, 1.165) is 0 Å². The molecule has 2 amide bonds. The monoisotopic (exact) mass is 583 g/mol. The van der Waals surface area contributed by atoms with Crippen LogP contribution < -0.4 is 10.6 Å². The van der Waals surface area contributed by atoms with Crippen molar-refractivity contribution >= 4 is 45.5 Å². The number of carbonyl (C=O) groups excluding carboxylic acids is 2. The molecule has 0 bridgehead atoms. The fourth-order valence-corrected chi connectivity index (χ4v) is 4.43. The number of hydrogen-bond acceptors (Lipinski definition) is 4. The number of ether oxygens (including phenoxy) is 1. The molecule has 0 aliphatic rings. The number of rotatable bonds is 9. The number of nitrogens with zero attached hydrogens (tertiary/aromatic N) is 3. The van der Waals surface area contributed by atoms with Gasteiger partial charge in [0.15, 0.2) is 22.6 Å². The summed E-state index contributed by atoms with van der Waals surface area (Å²) in [5, 5.41) is 17.2. The highest BCUT2D eigenvalue weighted by molar-refractivity contribution is 5.98. The molecule has 0 saturated carbocycles. The number of benzene rings is 3. The van der Waals surface area contributed by atoms with Crippen molar-refractivity contribution in [3.63, 3.8) is 0 Å². The van der Waals surface area contributed by atoms with Crippen molar-refractivity contribution in [2.75, 3.05) is 17.2 Å². The lowest BCUT2D eigenvalue weighted by Crippen LogP contribution is -2.52. The molecule has 1 aromatic heterocycles. The second kappa shape index (κ2) is 12.9. The van der Waals surface area contributed by atoms with Gasteiger partial charge in [0.1, 0.15) is 5.82 Å². The summed E-state index contributed by atoms with van der Waals surface area (Å²) in [6, 6.07) is 15.7. The van der Waals surface area contributed by atoms with Gasteiger partial charge in [-0.3, -0.25) is 9.59 Å². The van der Waals surface area contributed by atoms with Crippen molar-refractivity contribution in [3.8, 4) is 0 Å². The average molecular weight is 584 g/mol. The number of carbonyl (C=O) groups is 2. The predicted octanol–water partition coefficient (Wildman–Crippen LogP) is 6.94. The van der Waals surface area contributed by atoms with Gasteiger partial charge in [0.2, 0.25) is 0 Å². The zero-order chi connectivity index (χ0) is 30.7. The average Bonchev–Trinajstić information content (AvgIpc) is 3.33. The Balaban J connectivity index is 0.00000506. The highest BCUT2D eigenvalue weighted by atomic mass is 19.1. The van der Waals surface area contributed by atoms with Gasteiger partial charge < -0.3 is 25.0 Å². The number of aromatic nitrogens is 1. The van der Waals surface area contributed by atoms with Crippen LogP contribution in [0.4, 0.5) is 27.1 Å². The molecule has 0 aliphatic heterocycles. The Kier molecular flexibility index (Phi) is 9.72. The summed E-state index contributed by atoms with van der Waals surface area (Å²) < 4.78 is 21.6. The molecule has 43 heavy (non-hydrogen) atoms. The molecule has 3 N–H and O–H groups in total. The molecular weight excluding hydrogens is 549 g/mol. The van der Waals surface area contributed by atoms with E-state index in [-0.39, 0.29) is 14.0 Å². The van der Waals surface area contributed by atoms with E-state index >= 15 is 0 Å². The molecule has 222 valence electrons. The number of nitrogens with one attached hydrogen (secondary N) is 2. The first-order valence-electron chi connectivity index (χ1n) is 13.0. The first-order chi connectivity index (χ1) is 19.8. The molecular formula is C33H34FN5O4. The van der Waals surface area contributed by atoms with Gasteiger partial charge in [-0.05, 0) is 87.4 Å². The van der Waals surface area contributed by atoms with E-state index in [4.69, 9.17) is 17.9 Å². The minimum Gasteiger partial charge on any atom is -0.378 e. The van der Waals surface area contributed by atoms with Crippen LogP contribution in [0.3, 0.4) is 0 Å². The number of anilines is 2. The van der Waals surface area contributed by atoms with Crippen LogP contribution in [-0.2, 0) is 20.9 Å². The number of fused-ring (bicyclic) bond motifs is 1. The second-order valence-corrected chi connectivity index (χ2v) is 10.6. The highest BCUT2D eigenvalue weighted by Gasteiger charge is 2.40. The number of halogens is 1. The fourth-order valence-electron chi connectivity index (χ4n) is 4.43. The Morgan fingerprint density at radius 2 is 1.47 bits per heavy atom. The van der Waals surface area contributed by atoms with Crippen LogP contribution in [0.2, 0.25) is 0 Å². The molecule has 0 fully saturated rings. The summed E-state index contributed by atoms with van der Waals surface area (Å²) in [6.07, 6.45) is 1.70. The van der Waals surface area contributed by atoms with Gasteiger partial charge >= 0.3 is 0 Å². The van der Waals surface area contributed by atoms with Crippen LogP contribution in [0.1, 0.15) is 32.4 Å². The van der Waals surface area contributed by atoms with Crippen LogP contribution in [-0.4, -0.2) is 39.3 Å². The Hall–Kier alpha value is -5.03. The number of hydrogen-bond donors (Lipinski definition) is 3. The van der Waals surface area contributed by atoms with Gasteiger partial charge in [0.05, 0.1) is 26.3 Å². The summed E-state index contributed by atoms with van der Waals surface area (Å²) in [4.78, 5) is 33.6. The zero-order valence-corrected chi connectivity index (χ0v) is 23.7. The molecule has 1 heterocycles. The van der Waals surface area contributed by atoms with E-state index in [1.54, 1.807) is 80.1 Å². The maximum Gasteiger partial charge on any atom is 0.258 e. The summed E-state index contributed by atoms with van der Waals surface area (Å²) in [6.45, 7) is 20.2. The standard InChI is InChI=1S/C32H30FN5O4.CH4/c1-20-15-24(8-10-26(20)34-5)36-29(39)31(3,41)19-42-32(4,18-38-14-13-22-17-23(33)7-12-28(22)38)30(40)37-25-9-11-27(35-6)21(2)16-25;/h7-17,41H,18-19H2,1-4H3,(H,36,39)(H,37,40);1H4/t31-,32-;/m0./s1. The molecule has 0 unspecified atom stereocenters. The molecule has 0 aliphatic carbocycles. The molecule has 4 rings (SSSR count). The Labute approximate surface area is 250 Å². The lowest BCUT2D eigenvalue weighted by Gasteiger charge is -2.33. The van der Waals surface area contributed by atoms with Crippen molar-refractivity contribution in [3.05, 3.63) is 107 Å². The SMILES string of the molecule is C.[C-]#[N+]c1ccc(NC(=O)[C@@](C)(O)CO[C@@](C)(Cn2ccc3cc(F)ccc32)C(=O)Nc2ccc([N+]#[C-])c(C)c2)cc1C. The third kappa shape index (κ3) is 7.25. The molecule has 10 heteroatoms. The highest BCUT2D eigenvalue weighted by Crippen LogP contribution is 2.27. The van der Waals surface area contributed by atoms with E-state index in [2.05, 4.69) is 20.3 Å². The minimum absolute atomic E-state index is 0. The van der Waals surface area contributed by atoms with E-state index in [1.165, 1.54) is 19.1 Å². The van der Waals surface area contributed by atoms with E-state index in [0.29, 0.717) is 44.8 Å². The zero-order valence-electron chi connectivity index (χ0n) is 23.7. The van der Waals surface area contributed by atoms with Crippen LogP contribution in [0.25, 0.3) is 20.6 Å². The number of aryl methyl sites for hydroxylation is 2. The fraction of sp³-hybridized carbons (Fsp3) is 0.273. The van der Waals surface area contributed by atoms with Crippen LogP contribution in [0.5, 0.6) is 0 Å². The first-order valence-corrected chi connectivity index (χ1v) is 13.0. The lowest BCUT2D eigenvalue weighted by atomic mass is 10.0. The molecule has 9 nitrogen and oxygen atoms in total. The lowest BCUT2D eigenvalue weighted by molar-refractivity contribution is -0.159. The van der Waals surface area contributed by atoms with Gasteiger partial charge in [-0.1, -0.05) is 19.6 Å². The summed E-state index contributed by atoms with van der Waals surface area (Å²) in [7, 11) is 0. The first kappa shape index (κ1) is 32.5. The van der Waals surface area contributed by atoms with Crippen LogP contribution in [0, 0.1) is 32.8 Å². The second-order valence-electron chi connectivity index (χ2n) is 10.6. The van der Waals surface area contributed by atoms with Gasteiger partial charge in [0, 0.05) is 28.5 Å². The van der Waals surface area contributed by atoms with Gasteiger partial charge in [-0.2, -0.15) is 0 Å². The Bertz CT molecular complexity index is 1770. The molecule has 4 aromatic rings. The van der Waals surface area contributed by atoms with Gasteiger partial charge in [-0.15, -0.1) is 0 Å². The molecule has 0 saturated heterocycles. The topological polar surface area (TPSA) is 101 Å². The predicted molar refractivity (Wildman–Crippen MR) is 166 cm³/mol. The van der Waals surface area contributed by atoms with Crippen molar-refractivity contribution in [1.29, 1.82) is 0 Å². The summed E-state index contributed by atoms with van der Waals surface area (Å²) in [5.41, 5.74) is 0.123. The maximum absolute atomic E-state index is 13.8. The smallest absolute Gasteiger partial charge is 0.258 e. The summed E-state index contributed by atoms with van der Waals surface area (Å²) in [5.74, 6) is -1.70. The Morgan fingerprint density at radius 1 is 0.907 bits per heavy atom. The van der Waals surface area contributed by atoms with Crippen molar-refractivity contribution in [2.45, 2.75) is 52.9 Å². The molecule has 0 radical (unpaired) electrons. The van der Waals surface area contributed by atoms with Crippen LogP contribution in [0.15, 0.2) is 66.9 Å². The van der Waals surface area contributed by atoms with E-state index in [1.807, 2.05) is 0 Å². The largest absolute Gasteiger partial charge is 0.378 e. The molecule has 3 aromatic carbocycles. The summed E-state index contributed by atoms with van der Waals surface area (Å²) >= 11 is 0. The normalized spacial score (nSPS) is 13.5. The van der Waals surface area contributed by atoms with E-state index < -0.39 is 35.4 Å². The molecule has 2 atom stereocenters. The Morgan fingerprint density at radius 3 is 2.00 bits per heavy atom. The third-order valence-electron chi connectivity index (χ3n) is 7.00. The van der Waals surface area contributed by atoms with E-state index in [9.17, 15) is 19.1 Å². The van der Waals surface area contributed by atoms with Gasteiger partial charge in [0.25, 0.3) is 11.8 Å². The quantitative estimate of drug-likeness (QED) is 0.186. The minimum atomic E-state index is -2.04. The maximum atomic E-state index is 13.8. The number of aliphatic hydroxyl groups is 1. The molecule has 0 spiro atoms. The van der Waals surface area contributed by atoms with Crippen molar-refractivity contribution in [1.82, 2.24) is 4.57 Å². The van der Waals surface area contributed by atoms with Crippen molar-refractivity contribution in [2.24, 2.45) is 0 Å². The number of amides is 2.